The lowest BCUT2D eigenvalue weighted by Gasteiger charge is -2.14. The number of Topliss-reactive ketones (excluding diaryl/α,β-unsaturated/α-hetero) is 2. The first-order valence-corrected chi connectivity index (χ1v) is 23.7. The van der Waals surface area contributed by atoms with Crippen LogP contribution in [0.15, 0.2) is 0 Å². The zero-order valence-electron chi connectivity index (χ0n) is 40.1. The zero-order valence-corrected chi connectivity index (χ0v) is 39.1. The first-order valence-electron chi connectivity index (χ1n) is 24.1. The Labute approximate surface area is 380 Å². The Kier molecular flexibility index (Phi) is 43.9. The summed E-state index contributed by atoms with van der Waals surface area (Å²) in [5.74, 6) is 2.22. The number of aliphatic carboxylic acids is 2. The molecule has 0 aromatic carbocycles. The molecule has 2 atom stereocenters. The van der Waals surface area contributed by atoms with E-state index < -0.39 is 23.9 Å². The van der Waals surface area contributed by atoms with Crippen molar-refractivity contribution >= 4 is 41.2 Å². The van der Waals surface area contributed by atoms with E-state index in [-0.39, 0.29) is 56.8 Å². The Hall–Kier alpha value is -3.51. The second kappa shape index (κ2) is 46.5. The number of hydrogen-bond donors (Lipinski definition) is 6. The maximum atomic E-state index is 12.0. The van der Waals surface area contributed by atoms with Gasteiger partial charge in [0.1, 0.15) is 25.0 Å². The normalized spacial score (nSPS) is 12.0. The summed E-state index contributed by atoms with van der Waals surface area (Å²) >= 11 is 0. The molecule has 0 aromatic rings. The average molecular weight is 907 g/mol. The molecule has 17 heteroatoms. The molecule has 3 amide bonds. The largest absolute Gasteiger partial charge is 0.481 e. The molecule has 0 aliphatic carbocycles. The predicted octanol–water partition coefficient (Wildman–Crippen LogP) is 6.61. The van der Waals surface area contributed by atoms with Gasteiger partial charge in [0.15, 0.2) is 7.20 Å². The summed E-state index contributed by atoms with van der Waals surface area (Å²) in [5.41, 5.74) is 0.369. The fourth-order valence-electron chi connectivity index (χ4n) is 6.21. The summed E-state index contributed by atoms with van der Waals surface area (Å²) < 4.78 is 28.1. The Balaban J connectivity index is -0.00000116. The predicted molar refractivity (Wildman–Crippen MR) is 244 cm³/mol. The molecule has 0 heterocycles. The van der Waals surface area contributed by atoms with Gasteiger partial charge in [-0.2, -0.15) is 0 Å². The van der Waals surface area contributed by atoms with Crippen molar-refractivity contribution in [2.75, 3.05) is 59.4 Å². The number of carboxylic acid groups (broad SMARTS) is 2. The molecule has 0 saturated heterocycles. The number of unbranched alkanes of at least 4 members (excludes halogenated alkanes) is 15. The number of hydrogen-bond acceptors (Lipinski definition) is 12. The summed E-state index contributed by atoms with van der Waals surface area (Å²) in [6.07, 6.45) is 21.4. The zero-order chi connectivity index (χ0) is 48.1. The van der Waals surface area contributed by atoms with Crippen molar-refractivity contribution < 1.29 is 65.6 Å². The van der Waals surface area contributed by atoms with E-state index in [9.17, 15) is 38.7 Å². The fourth-order valence-corrected chi connectivity index (χ4v) is 6.21. The number of carboxylic acids is 2. The standard InChI is InChI=1S/C25H45NO6.C21H41N3O7.H2/c1-2-21(27)19-20-22(25(31)32)26-23(28)17-15-13-11-9-7-5-3-4-6-8-10-12-14-16-18-24(29)30;1-3-10-28-12-15-31-17-20(26)23-9-11-29-13-14-30-16-19(25)8-6-4-5-7-18(2)21(27)24-22;/h22H,2-20H2,1H3,(H,26,28)(H,29,30)(H,31,32);18H,3-17,22H2,1-2H3,(H,23,26)(H,24,27);1H/t22-;18-;/m00./s1/i/hT. The van der Waals surface area contributed by atoms with Gasteiger partial charge in [-0.25, -0.2) is 10.6 Å². The number of rotatable bonds is 45. The van der Waals surface area contributed by atoms with E-state index in [4.69, 9.17) is 31.3 Å². The first-order chi connectivity index (χ1) is 30.7. The van der Waals surface area contributed by atoms with Crippen molar-refractivity contribution in [1.82, 2.24) is 16.1 Å². The molecule has 0 fully saturated rings. The van der Waals surface area contributed by atoms with Gasteiger partial charge in [0.05, 0.1) is 33.0 Å². The Morgan fingerprint density at radius 1 is 0.571 bits per heavy atom. The van der Waals surface area contributed by atoms with Crippen LogP contribution in [-0.4, -0.2) is 117 Å². The highest BCUT2D eigenvalue weighted by Gasteiger charge is 2.20. The Morgan fingerprint density at radius 2 is 1.06 bits per heavy atom. The van der Waals surface area contributed by atoms with E-state index in [1.807, 2.05) is 6.92 Å². The van der Waals surface area contributed by atoms with Gasteiger partial charge in [0.2, 0.25) is 17.7 Å². The Bertz CT molecular complexity index is 1230. The summed E-state index contributed by atoms with van der Waals surface area (Å²) in [6, 6.07) is -0.977. The topological polar surface area (TPSA) is 259 Å². The van der Waals surface area contributed by atoms with Gasteiger partial charge in [-0.1, -0.05) is 111 Å². The molecular formula is C46H88N4O13. The number of carbonyl (C=O) groups excluding carboxylic acids is 5. The van der Waals surface area contributed by atoms with Crippen molar-refractivity contribution in [2.24, 2.45) is 11.8 Å². The molecule has 0 unspecified atom stereocenters. The number of ketones is 2. The van der Waals surface area contributed by atoms with E-state index in [0.29, 0.717) is 83.7 Å². The number of nitrogens with two attached hydrogens (primary N) is 1. The average Bonchev–Trinajstić information content (AvgIpc) is 3.26. The second-order valence-electron chi connectivity index (χ2n) is 15.9. The van der Waals surface area contributed by atoms with Crippen LogP contribution in [0.3, 0.4) is 0 Å². The highest BCUT2D eigenvalue weighted by molar-refractivity contribution is 5.84. The quantitative estimate of drug-likeness (QED) is 0.0163. The number of nitrogens with one attached hydrogen (secondary N) is 3. The van der Waals surface area contributed by atoms with Crippen LogP contribution in [0, 0.1) is 5.92 Å². The van der Waals surface area contributed by atoms with Crippen molar-refractivity contribution in [3.63, 3.8) is 0 Å². The van der Waals surface area contributed by atoms with Crippen LogP contribution < -0.4 is 21.9 Å². The summed E-state index contributed by atoms with van der Waals surface area (Å²) in [7, 11) is 0. The van der Waals surface area contributed by atoms with E-state index in [1.54, 1.807) is 13.8 Å². The summed E-state index contributed by atoms with van der Waals surface area (Å²) in [5, 5.41) is 23.0. The summed E-state index contributed by atoms with van der Waals surface area (Å²) in [4.78, 5) is 79.7. The van der Waals surface area contributed by atoms with E-state index in [1.165, 1.54) is 51.4 Å². The highest BCUT2D eigenvalue weighted by atomic mass is 16.5. The first kappa shape index (κ1) is 59.5. The minimum absolute atomic E-state index is 0. The second-order valence-corrected chi connectivity index (χ2v) is 15.9. The van der Waals surface area contributed by atoms with E-state index in [2.05, 4.69) is 10.6 Å². The van der Waals surface area contributed by atoms with E-state index >= 15 is 0 Å². The van der Waals surface area contributed by atoms with E-state index in [0.717, 1.165) is 64.2 Å². The van der Waals surface area contributed by atoms with Crippen LogP contribution in [0.25, 0.3) is 0 Å². The molecule has 0 spiro atoms. The summed E-state index contributed by atoms with van der Waals surface area (Å²) in [6.45, 7) is 8.50. The molecule has 7 N–H and O–H groups in total. The number of ether oxygens (including phenoxy) is 4. The molecule has 0 saturated carbocycles. The van der Waals surface area contributed by atoms with Gasteiger partial charge in [0.25, 0.3) is 0 Å². The van der Waals surface area contributed by atoms with Gasteiger partial charge in [-0.15, -0.1) is 0 Å². The molecule has 0 radical (unpaired) electrons. The monoisotopic (exact) mass is 907 g/mol. The third-order valence-corrected chi connectivity index (χ3v) is 10.1. The van der Waals surface area contributed by atoms with Gasteiger partial charge in [0, 0.05) is 52.6 Å². The molecule has 370 valence electrons. The smallest absolute Gasteiger partial charge is 0.326 e. The number of hydrazine groups is 1. The fraction of sp³-hybridized carbons (Fsp3) is 0.848. The third-order valence-electron chi connectivity index (χ3n) is 10.1. The third kappa shape index (κ3) is 46.3. The maximum Gasteiger partial charge on any atom is 0.326 e. The molecule has 0 aliphatic rings. The minimum atomic E-state index is -1.09. The van der Waals surface area contributed by atoms with Crippen molar-refractivity contribution in [3.05, 3.63) is 0 Å². The lowest BCUT2D eigenvalue weighted by atomic mass is 10.0. The van der Waals surface area contributed by atoms with Gasteiger partial charge >= 0.3 is 11.9 Å². The lowest BCUT2D eigenvalue weighted by Crippen LogP contribution is -2.41. The van der Waals surface area contributed by atoms with Gasteiger partial charge in [-0.05, 0) is 38.5 Å². The van der Waals surface area contributed by atoms with Crippen LogP contribution in [0.2, 0.25) is 1.41 Å². The molecule has 0 bridgehead atoms. The lowest BCUT2D eigenvalue weighted by molar-refractivity contribution is -0.142. The Morgan fingerprint density at radius 3 is 1.59 bits per heavy atom. The minimum Gasteiger partial charge on any atom is -0.481 e. The van der Waals surface area contributed by atoms with Crippen LogP contribution in [-0.2, 0) is 52.5 Å². The van der Waals surface area contributed by atoms with Crippen molar-refractivity contribution in [3.8, 4) is 0 Å². The molecule has 17 nitrogen and oxygen atoms in total. The number of carbonyl (C=O) groups is 7. The molecule has 0 rings (SSSR count). The van der Waals surface area contributed by atoms with Crippen LogP contribution in [0.5, 0.6) is 0 Å². The SMILES string of the molecule is CCC(=O)CC[C@H](NC(=O)CCCCCCCCCCCCCCCCC(=O)O)C(=O)O.[3H]N(N)C(=O)[C@@H](C)CCCCCC(=O)COCCOCCNC(=O)COCCOCCC.[HH]. The van der Waals surface area contributed by atoms with Crippen LogP contribution >= 0.6 is 0 Å². The maximum absolute atomic E-state index is 12.0. The molecule has 63 heavy (non-hydrogen) atoms. The molecule has 0 aromatic heterocycles. The van der Waals surface area contributed by atoms with Crippen molar-refractivity contribution in [1.29, 1.82) is 0 Å². The van der Waals surface area contributed by atoms with Crippen LogP contribution in [0.1, 0.15) is 183 Å². The van der Waals surface area contributed by atoms with Gasteiger partial charge < -0.3 is 39.8 Å². The van der Waals surface area contributed by atoms with Gasteiger partial charge in [-0.3, -0.25) is 34.2 Å². The molecular weight excluding hydrogens is 817 g/mol. The highest BCUT2D eigenvalue weighted by Crippen LogP contribution is 2.14. The molecule has 0 aliphatic heterocycles. The number of amides is 3. The van der Waals surface area contributed by atoms with Crippen molar-refractivity contribution in [2.45, 2.75) is 187 Å². The van der Waals surface area contributed by atoms with Crippen LogP contribution in [0.4, 0.5) is 0 Å².